The van der Waals surface area contributed by atoms with E-state index in [0.29, 0.717) is 24.9 Å². The van der Waals surface area contributed by atoms with Crippen molar-refractivity contribution in [1.29, 1.82) is 0 Å². The highest BCUT2D eigenvalue weighted by atomic mass is 16.6. The van der Waals surface area contributed by atoms with Crippen LogP contribution >= 0.6 is 0 Å². The molecule has 1 spiro atoms. The summed E-state index contributed by atoms with van der Waals surface area (Å²) in [7, 11) is 8.39. The van der Waals surface area contributed by atoms with Crippen molar-refractivity contribution in [3.63, 3.8) is 0 Å². The number of ether oxygens (including phenoxy) is 6. The number of aliphatic hydroxyl groups excluding tert-OH is 2. The van der Waals surface area contributed by atoms with E-state index in [1.54, 1.807) is 45.6 Å². The number of esters is 2. The Hall–Kier alpha value is -2.16. The van der Waals surface area contributed by atoms with Crippen LogP contribution in [-0.4, -0.2) is 135 Å². The van der Waals surface area contributed by atoms with Gasteiger partial charge in [-0.2, -0.15) is 0 Å². The van der Waals surface area contributed by atoms with Crippen LogP contribution < -0.4 is 0 Å². The molecule has 15 atom stereocenters. The first-order chi connectivity index (χ1) is 28.0. The lowest BCUT2D eigenvalue weighted by Crippen LogP contribution is -2.81. The number of benzene rings is 1. The average Bonchev–Trinajstić information content (AvgIpc) is 3.61. The van der Waals surface area contributed by atoms with Crippen LogP contribution in [0, 0.1) is 34.5 Å². The van der Waals surface area contributed by atoms with Gasteiger partial charge in [0, 0.05) is 82.5 Å². The zero-order valence-electron chi connectivity index (χ0n) is 35.8. The molecule has 12 heteroatoms. The lowest BCUT2D eigenvalue weighted by atomic mass is 9.42. The van der Waals surface area contributed by atoms with E-state index in [4.69, 9.17) is 28.4 Å². The van der Waals surface area contributed by atoms with Crippen LogP contribution in [-0.2, 0) is 33.2 Å². The monoisotopic (exact) mass is 814 g/mol. The Morgan fingerprint density at radius 3 is 2.05 bits per heavy atom. The minimum absolute atomic E-state index is 0.0843. The van der Waals surface area contributed by atoms with E-state index < -0.39 is 88.3 Å². The Labute approximate surface area is 345 Å². The lowest BCUT2D eigenvalue weighted by molar-refractivity contribution is -0.321. The normalized spacial score (nSPS) is 42.1. The molecule has 1 saturated heterocycles. The second-order valence-electron chi connectivity index (χ2n) is 18.8. The van der Waals surface area contributed by atoms with Crippen molar-refractivity contribution in [2.45, 2.75) is 157 Å². The van der Waals surface area contributed by atoms with Crippen molar-refractivity contribution < 1.29 is 53.3 Å². The molecule has 326 valence electrons. The fourth-order valence-electron chi connectivity index (χ4n) is 14.3. The lowest BCUT2D eigenvalue weighted by Gasteiger charge is -2.70. The van der Waals surface area contributed by atoms with Crippen LogP contribution in [0.2, 0.25) is 0 Å². The van der Waals surface area contributed by atoms with Crippen LogP contribution in [0.25, 0.3) is 0 Å². The van der Waals surface area contributed by atoms with Gasteiger partial charge in [-0.15, -0.1) is 0 Å². The zero-order chi connectivity index (χ0) is 41.5. The number of rotatable bonds is 21. The van der Waals surface area contributed by atoms with E-state index in [-0.39, 0.29) is 31.4 Å². The molecule has 0 radical (unpaired) electrons. The Bertz CT molecular complexity index is 1560. The van der Waals surface area contributed by atoms with Gasteiger partial charge in [0.1, 0.15) is 23.9 Å². The number of nitrogens with zero attached hydrogens (tertiary/aromatic N) is 1. The van der Waals surface area contributed by atoms with Gasteiger partial charge in [0.2, 0.25) is 0 Å². The molecule has 6 fully saturated rings. The fourth-order valence-corrected chi connectivity index (χ4v) is 14.3. The molecule has 3 N–H and O–H groups in total. The van der Waals surface area contributed by atoms with Gasteiger partial charge in [0.05, 0.1) is 30.5 Å². The molecule has 1 heterocycles. The van der Waals surface area contributed by atoms with Gasteiger partial charge in [0.15, 0.2) is 5.60 Å². The molecule has 1 aromatic carbocycles. The van der Waals surface area contributed by atoms with Crippen molar-refractivity contribution >= 4 is 11.9 Å². The standard InChI is InChI=1S/C46H71NO11/c1-7-8-9-10-11-12-13-14-15-16-17-21-24-33(49)58-46-34-30(26-44(52,41(56-6)39(46)50)40(34)57-42(51)29-22-19-18-20-23-29)45-32(54-4)25-31(48)43(28-53-3)27-47(2)38(45)35(46)36(55-5)37(43)45/h18-20,22-23,30-32,34-41,48,50,52H,7-17,21,24-28H2,1-6H3/t30-,31-,32+,34-,35+,36+,37-,38?,39+,40-,41+,43+,44-,45+,46-/m1/s1. The molecule has 12 nitrogen and oxygen atoms in total. The van der Waals surface area contributed by atoms with E-state index in [0.717, 1.165) is 19.3 Å². The van der Waals surface area contributed by atoms with E-state index in [1.807, 2.05) is 13.1 Å². The predicted octanol–water partition coefficient (Wildman–Crippen LogP) is 5.33. The van der Waals surface area contributed by atoms with Gasteiger partial charge in [0.25, 0.3) is 0 Å². The third kappa shape index (κ3) is 6.61. The highest BCUT2D eigenvalue weighted by Gasteiger charge is 2.92. The first-order valence-corrected chi connectivity index (χ1v) is 22.3. The maximum absolute atomic E-state index is 14.5. The number of fused-ring (bicyclic) bond motifs is 2. The molecule has 0 amide bonds. The first-order valence-electron chi connectivity index (χ1n) is 22.3. The maximum Gasteiger partial charge on any atom is 0.338 e. The van der Waals surface area contributed by atoms with Gasteiger partial charge in [-0.3, -0.25) is 4.79 Å². The molecule has 0 aromatic heterocycles. The summed E-state index contributed by atoms with van der Waals surface area (Å²) in [6, 6.07) is 8.28. The summed E-state index contributed by atoms with van der Waals surface area (Å²) in [6.07, 6.45) is 8.59. The van der Waals surface area contributed by atoms with Gasteiger partial charge in [-0.05, 0) is 37.9 Å². The number of carbonyl (C=O) groups excluding carboxylic acids is 2. The number of unbranched alkanes of at least 4 members (excludes halogenated alkanes) is 11. The summed E-state index contributed by atoms with van der Waals surface area (Å²) in [5.41, 5.74) is -4.82. The summed E-state index contributed by atoms with van der Waals surface area (Å²) in [4.78, 5) is 30.7. The summed E-state index contributed by atoms with van der Waals surface area (Å²) in [5, 5.41) is 38.1. The van der Waals surface area contributed by atoms with Crippen molar-refractivity contribution in [2.24, 2.45) is 34.5 Å². The van der Waals surface area contributed by atoms with Crippen LogP contribution in [0.3, 0.4) is 0 Å². The average molecular weight is 814 g/mol. The van der Waals surface area contributed by atoms with E-state index in [9.17, 15) is 24.9 Å². The van der Waals surface area contributed by atoms with Crippen molar-refractivity contribution in [2.75, 3.05) is 48.6 Å². The molecule has 58 heavy (non-hydrogen) atoms. The molecule has 7 rings (SSSR count). The van der Waals surface area contributed by atoms with Crippen LogP contribution in [0.4, 0.5) is 0 Å². The topological polar surface area (TPSA) is 153 Å². The third-order valence-corrected chi connectivity index (χ3v) is 16.1. The van der Waals surface area contributed by atoms with Crippen LogP contribution in [0.5, 0.6) is 0 Å². The molecule has 1 aliphatic heterocycles. The minimum atomic E-state index is -1.84. The van der Waals surface area contributed by atoms with Gasteiger partial charge in [-0.25, -0.2) is 4.79 Å². The van der Waals surface area contributed by atoms with E-state index in [1.165, 1.54) is 58.5 Å². The van der Waals surface area contributed by atoms with Gasteiger partial charge >= 0.3 is 11.9 Å². The van der Waals surface area contributed by atoms with E-state index in [2.05, 4.69) is 11.8 Å². The molecule has 7 bridgehead atoms. The first kappa shape index (κ1) is 43.9. The predicted molar refractivity (Wildman–Crippen MR) is 216 cm³/mol. The zero-order valence-corrected chi connectivity index (χ0v) is 35.8. The Morgan fingerprint density at radius 2 is 1.47 bits per heavy atom. The fraction of sp³-hybridized carbons (Fsp3) is 0.826. The summed E-state index contributed by atoms with van der Waals surface area (Å²) >= 11 is 0. The SMILES string of the molecule is CCCCCCCCCCCCCCC(=O)O[C@]12[C@H]3[C@@H](OC(=O)c4ccccc4)[C@](O)(C[C@H]3[C@@]34C5[C@@H]1[C@H](OC)[C@@H]3[C@](COC)(CN5C)[C@H](O)C[C@@H]4OC)[C@@H](OC)[C@@H]2O. The van der Waals surface area contributed by atoms with Crippen molar-refractivity contribution in [1.82, 2.24) is 4.90 Å². The Balaban J connectivity index is 1.24. The molecule has 5 saturated carbocycles. The Morgan fingerprint density at radius 1 is 0.828 bits per heavy atom. The molecule has 5 aliphatic carbocycles. The highest BCUT2D eigenvalue weighted by Crippen LogP contribution is 2.80. The van der Waals surface area contributed by atoms with Crippen molar-refractivity contribution in [3.05, 3.63) is 35.9 Å². The van der Waals surface area contributed by atoms with Crippen LogP contribution in [0.1, 0.15) is 114 Å². The smallest absolute Gasteiger partial charge is 0.338 e. The highest BCUT2D eigenvalue weighted by molar-refractivity contribution is 5.89. The molecular formula is C46H71NO11. The summed E-state index contributed by atoms with van der Waals surface area (Å²) in [5.74, 6) is -3.48. The van der Waals surface area contributed by atoms with Gasteiger partial charge in [-0.1, -0.05) is 95.8 Å². The number of carbonyl (C=O) groups is 2. The number of likely N-dealkylation sites (tertiary alicyclic amines) is 1. The van der Waals surface area contributed by atoms with E-state index >= 15 is 0 Å². The maximum atomic E-state index is 14.5. The summed E-state index contributed by atoms with van der Waals surface area (Å²) < 4.78 is 38.4. The molecule has 1 aromatic rings. The number of piperidine rings is 1. The second kappa shape index (κ2) is 17.7. The van der Waals surface area contributed by atoms with Crippen molar-refractivity contribution in [3.8, 4) is 0 Å². The number of aliphatic hydroxyl groups is 3. The molecule has 6 aliphatic rings. The quantitative estimate of drug-likeness (QED) is 0.109. The molecule has 1 unspecified atom stereocenters. The number of methoxy groups -OCH3 is 4. The second-order valence-corrected chi connectivity index (χ2v) is 18.8. The summed E-state index contributed by atoms with van der Waals surface area (Å²) in [6.45, 7) is 2.96. The van der Waals surface area contributed by atoms with Gasteiger partial charge < -0.3 is 48.6 Å². The van der Waals surface area contributed by atoms with Crippen LogP contribution in [0.15, 0.2) is 30.3 Å². The molecular weight excluding hydrogens is 743 g/mol. The largest absolute Gasteiger partial charge is 0.455 e. The minimum Gasteiger partial charge on any atom is -0.455 e. The number of hydrogen-bond donors (Lipinski definition) is 3. The Kier molecular flexibility index (Phi) is 13.4. The third-order valence-electron chi connectivity index (χ3n) is 16.1. The number of hydrogen-bond acceptors (Lipinski definition) is 12.